The van der Waals surface area contributed by atoms with Crippen LogP contribution in [0.5, 0.6) is 0 Å². The number of anilines is 2. The van der Waals surface area contributed by atoms with Crippen LogP contribution in [0, 0.1) is 19.7 Å². The van der Waals surface area contributed by atoms with Crippen LogP contribution in [-0.4, -0.2) is 45.5 Å². The molecule has 1 atom stereocenters. The zero-order valence-electron chi connectivity index (χ0n) is 19.5. The maximum absolute atomic E-state index is 13.0. The molecular weight excluding hydrogens is 445 g/mol. The molecule has 3 amide bonds. The molecule has 2 rings (SSSR count). The predicted octanol–water partition coefficient (Wildman–Crippen LogP) is 3.08. The number of amides is 3. The van der Waals surface area contributed by atoms with E-state index in [1.54, 1.807) is 6.07 Å². The molecule has 7 nitrogen and oxygen atoms in total. The van der Waals surface area contributed by atoms with Crippen molar-refractivity contribution in [3.05, 3.63) is 59.4 Å². The summed E-state index contributed by atoms with van der Waals surface area (Å²) in [6.07, 6.45) is 0. The lowest BCUT2D eigenvalue weighted by Gasteiger charge is -2.27. The van der Waals surface area contributed by atoms with E-state index < -0.39 is 45.5 Å². The van der Waals surface area contributed by atoms with Crippen LogP contribution in [0.1, 0.15) is 31.9 Å². The number of nitrogens with zero attached hydrogens (tertiary/aromatic N) is 1. The van der Waals surface area contributed by atoms with Gasteiger partial charge in [-0.1, -0.05) is 17.7 Å². The maximum atomic E-state index is 13.0. The molecule has 2 N–H and O–H groups in total. The van der Waals surface area contributed by atoms with Gasteiger partial charge >= 0.3 is 0 Å². The van der Waals surface area contributed by atoms with Crippen LogP contribution in [0.25, 0.3) is 0 Å². The Morgan fingerprint density at radius 3 is 2.18 bits per heavy atom. The van der Waals surface area contributed by atoms with E-state index in [1.807, 2.05) is 46.8 Å². The third-order valence-corrected chi connectivity index (χ3v) is 5.62. The molecular formula is C24H30FN3O4S. The zero-order chi connectivity index (χ0) is 24.8. The predicted molar refractivity (Wildman–Crippen MR) is 129 cm³/mol. The molecule has 0 aliphatic carbocycles. The normalized spacial score (nSPS) is 12.1. The largest absolute Gasteiger partial charge is 0.350 e. The highest BCUT2D eigenvalue weighted by Crippen LogP contribution is 2.22. The topological polar surface area (TPSA) is 95.6 Å². The van der Waals surface area contributed by atoms with E-state index in [2.05, 4.69) is 10.6 Å². The fourth-order valence-corrected chi connectivity index (χ4v) is 4.06. The van der Waals surface area contributed by atoms with Crippen molar-refractivity contribution in [3.8, 4) is 0 Å². The van der Waals surface area contributed by atoms with Crippen LogP contribution in [0.3, 0.4) is 0 Å². The molecule has 0 aliphatic rings. The van der Waals surface area contributed by atoms with E-state index in [0.29, 0.717) is 11.4 Å². The van der Waals surface area contributed by atoms with Gasteiger partial charge < -0.3 is 15.5 Å². The van der Waals surface area contributed by atoms with Crippen molar-refractivity contribution in [2.45, 2.75) is 40.2 Å². The highest BCUT2D eigenvalue weighted by molar-refractivity contribution is 7.86. The van der Waals surface area contributed by atoms with Gasteiger partial charge in [-0.05, 0) is 70.5 Å². The molecule has 33 heavy (non-hydrogen) atoms. The van der Waals surface area contributed by atoms with E-state index >= 15 is 0 Å². The number of hydrogen-bond donors (Lipinski definition) is 2. The summed E-state index contributed by atoms with van der Waals surface area (Å²) in [7, 11) is -1.81. The number of carbonyl (C=O) groups excluding carboxylic acids is 3. The van der Waals surface area contributed by atoms with Crippen LogP contribution in [-0.2, 0) is 25.2 Å². The first-order chi connectivity index (χ1) is 15.3. The average molecular weight is 476 g/mol. The summed E-state index contributed by atoms with van der Waals surface area (Å²) in [5.41, 5.74) is 2.23. The van der Waals surface area contributed by atoms with Crippen LogP contribution in [0.15, 0.2) is 42.5 Å². The highest BCUT2D eigenvalue weighted by atomic mass is 32.2. The number of nitrogens with one attached hydrogen (secondary N) is 2. The standard InChI is InChI=1S/C24H30FN3O4S/c1-16-6-11-20(17(2)12-16)28(13-21(29)27-24(3,4)5)23(31)15-33(32)14-22(30)26-19-9-7-18(25)8-10-19/h6-12H,13-15H2,1-5H3,(H,26,30)(H,27,29). The van der Waals surface area contributed by atoms with Gasteiger partial charge in [-0.25, -0.2) is 4.39 Å². The molecule has 178 valence electrons. The monoisotopic (exact) mass is 475 g/mol. The van der Waals surface area contributed by atoms with Crippen LogP contribution >= 0.6 is 0 Å². The van der Waals surface area contributed by atoms with E-state index in [4.69, 9.17) is 0 Å². The molecule has 2 aromatic rings. The lowest BCUT2D eigenvalue weighted by molar-refractivity contribution is -0.124. The summed E-state index contributed by atoms with van der Waals surface area (Å²) < 4.78 is 25.5. The number of benzene rings is 2. The van der Waals surface area contributed by atoms with Crippen LogP contribution in [0.2, 0.25) is 0 Å². The summed E-state index contributed by atoms with van der Waals surface area (Å²) in [6, 6.07) is 10.6. The molecule has 0 spiro atoms. The van der Waals surface area contributed by atoms with Crippen molar-refractivity contribution in [2.24, 2.45) is 0 Å². The van der Waals surface area contributed by atoms with Gasteiger partial charge in [-0.2, -0.15) is 0 Å². The van der Waals surface area contributed by atoms with Crippen molar-refractivity contribution < 1.29 is 23.0 Å². The summed E-state index contributed by atoms with van der Waals surface area (Å²) in [5, 5.41) is 5.34. The SMILES string of the molecule is Cc1ccc(N(CC(=O)NC(C)(C)C)C(=O)CS(=O)CC(=O)Nc2ccc(F)cc2)c(C)c1. The second-order valence-electron chi connectivity index (χ2n) is 8.85. The van der Waals surface area contributed by atoms with E-state index in [0.717, 1.165) is 11.1 Å². The van der Waals surface area contributed by atoms with Gasteiger partial charge in [0.25, 0.3) is 0 Å². The summed E-state index contributed by atoms with van der Waals surface area (Å²) in [5.74, 6) is -2.71. The van der Waals surface area contributed by atoms with E-state index in [9.17, 15) is 23.0 Å². The van der Waals surface area contributed by atoms with E-state index in [1.165, 1.54) is 29.2 Å². The van der Waals surface area contributed by atoms with Crippen LogP contribution < -0.4 is 15.5 Å². The Morgan fingerprint density at radius 1 is 0.970 bits per heavy atom. The minimum Gasteiger partial charge on any atom is -0.350 e. The smallest absolute Gasteiger partial charge is 0.240 e. The Kier molecular flexibility index (Phi) is 8.87. The highest BCUT2D eigenvalue weighted by Gasteiger charge is 2.25. The lowest BCUT2D eigenvalue weighted by atomic mass is 10.1. The number of hydrogen-bond acceptors (Lipinski definition) is 4. The second kappa shape index (κ2) is 11.2. The van der Waals surface area contributed by atoms with E-state index in [-0.39, 0.29) is 12.5 Å². The molecule has 0 saturated carbocycles. The van der Waals surface area contributed by atoms with Crippen molar-refractivity contribution in [2.75, 3.05) is 28.3 Å². The molecule has 0 aliphatic heterocycles. The summed E-state index contributed by atoms with van der Waals surface area (Å²) >= 11 is 0. The van der Waals surface area contributed by atoms with Gasteiger partial charge in [-0.3, -0.25) is 18.6 Å². The Morgan fingerprint density at radius 2 is 1.61 bits per heavy atom. The molecule has 0 saturated heterocycles. The molecule has 0 aromatic heterocycles. The maximum Gasteiger partial charge on any atom is 0.240 e. The minimum absolute atomic E-state index is 0.237. The van der Waals surface area contributed by atoms with Gasteiger partial charge in [0.2, 0.25) is 17.7 Å². The van der Waals surface area contributed by atoms with Gasteiger partial charge in [0.05, 0.1) is 0 Å². The molecule has 0 heterocycles. The number of carbonyl (C=O) groups is 3. The first-order valence-corrected chi connectivity index (χ1v) is 11.9. The van der Waals surface area contributed by atoms with Gasteiger partial charge in [-0.15, -0.1) is 0 Å². The van der Waals surface area contributed by atoms with Crippen molar-refractivity contribution in [3.63, 3.8) is 0 Å². The summed E-state index contributed by atoms with van der Waals surface area (Å²) in [4.78, 5) is 39.1. The molecule has 9 heteroatoms. The first kappa shape index (κ1) is 26.2. The fourth-order valence-electron chi connectivity index (χ4n) is 3.16. The van der Waals surface area contributed by atoms with Crippen LogP contribution in [0.4, 0.5) is 15.8 Å². The fraction of sp³-hybridized carbons (Fsp3) is 0.375. The Balaban J connectivity index is 2.11. The number of aryl methyl sites for hydroxylation is 2. The molecule has 1 unspecified atom stereocenters. The minimum atomic E-state index is -1.81. The lowest BCUT2D eigenvalue weighted by Crippen LogP contribution is -2.48. The third-order valence-electron chi connectivity index (χ3n) is 4.46. The molecule has 0 bridgehead atoms. The Bertz CT molecular complexity index is 1050. The first-order valence-electron chi connectivity index (χ1n) is 10.4. The summed E-state index contributed by atoms with van der Waals surface area (Å²) in [6.45, 7) is 9.02. The van der Waals surface area contributed by atoms with Crippen molar-refractivity contribution in [1.82, 2.24) is 5.32 Å². The Labute approximate surface area is 196 Å². The number of rotatable bonds is 8. The van der Waals surface area contributed by atoms with Crippen molar-refractivity contribution in [1.29, 1.82) is 0 Å². The molecule has 0 fully saturated rings. The molecule has 2 aromatic carbocycles. The zero-order valence-corrected chi connectivity index (χ0v) is 20.3. The second-order valence-corrected chi connectivity index (χ2v) is 10.3. The third kappa shape index (κ3) is 8.76. The quantitative estimate of drug-likeness (QED) is 0.613. The average Bonchev–Trinajstić information content (AvgIpc) is 2.66. The number of halogens is 1. The van der Waals surface area contributed by atoms with Gasteiger partial charge in [0.1, 0.15) is 23.9 Å². The van der Waals surface area contributed by atoms with Gasteiger partial charge in [0.15, 0.2) is 0 Å². The van der Waals surface area contributed by atoms with Gasteiger partial charge in [0, 0.05) is 27.7 Å². The Hall–Kier alpha value is -3.07. The molecule has 0 radical (unpaired) electrons. The van der Waals surface area contributed by atoms with Crippen molar-refractivity contribution >= 4 is 39.9 Å².